The molecule has 0 unspecified atom stereocenters. The van der Waals surface area contributed by atoms with Crippen molar-refractivity contribution in [3.8, 4) is 17.5 Å². The summed E-state index contributed by atoms with van der Waals surface area (Å²) in [5.41, 5.74) is 15.1. The van der Waals surface area contributed by atoms with Crippen molar-refractivity contribution in [2.75, 3.05) is 5.73 Å². The molecule has 0 atom stereocenters. The second-order valence-corrected chi connectivity index (χ2v) is 9.10. The van der Waals surface area contributed by atoms with E-state index in [2.05, 4.69) is 26.9 Å². The molecule has 0 fully saturated rings. The Bertz CT molecular complexity index is 2030. The number of hydrogen-bond acceptors (Lipinski definition) is 7. The molecule has 204 valence electrons. The third kappa shape index (κ3) is 5.14. The Morgan fingerprint density at radius 1 is 1.02 bits per heavy atom. The number of anilines is 1. The molecule has 6 rings (SSSR count). The van der Waals surface area contributed by atoms with E-state index in [0.29, 0.717) is 28.5 Å². The highest BCUT2D eigenvalue weighted by atomic mass is 16.1. The number of aryl methyl sites for hydroxylation is 2. The first-order chi connectivity index (χ1) is 19.8. The predicted molar refractivity (Wildman–Crippen MR) is 157 cm³/mol. The van der Waals surface area contributed by atoms with Crippen LogP contribution in [0, 0.1) is 18.8 Å². The van der Waals surface area contributed by atoms with Crippen molar-refractivity contribution in [2.45, 2.75) is 20.3 Å². The molecule has 0 saturated heterocycles. The number of nitrogen functional groups attached to an aromatic ring is 1. The fourth-order valence-electron chi connectivity index (χ4n) is 4.36. The maximum absolute atomic E-state index is 13.5. The van der Waals surface area contributed by atoms with Gasteiger partial charge in [-0.05, 0) is 31.2 Å². The molecule has 0 radical (unpaired) electrons. The number of para-hydroxylation sites is 1. The van der Waals surface area contributed by atoms with Gasteiger partial charge in [0.15, 0.2) is 5.65 Å². The number of nitrogens with zero attached hydrogens (tertiary/aromatic N) is 7. The largest absolute Gasteiger partial charge is 0.383 e. The molecule has 6 aromatic rings. The van der Waals surface area contributed by atoms with Crippen LogP contribution in [0.3, 0.4) is 0 Å². The lowest BCUT2D eigenvalue weighted by atomic mass is 10.1. The Kier molecular flexibility index (Phi) is 7.30. The van der Waals surface area contributed by atoms with Crippen molar-refractivity contribution in [1.29, 1.82) is 0 Å². The lowest BCUT2D eigenvalue weighted by Crippen LogP contribution is -2.24. The van der Waals surface area contributed by atoms with Crippen LogP contribution in [0.1, 0.15) is 39.9 Å². The van der Waals surface area contributed by atoms with Crippen molar-refractivity contribution in [1.82, 2.24) is 33.7 Å². The van der Waals surface area contributed by atoms with E-state index in [1.807, 2.05) is 69.4 Å². The van der Waals surface area contributed by atoms with Crippen LogP contribution in [-0.2, 0) is 13.5 Å². The summed E-state index contributed by atoms with van der Waals surface area (Å²) in [5.74, 6) is 6.52. The Balaban J connectivity index is 0.000000216. The van der Waals surface area contributed by atoms with Gasteiger partial charge in [-0.2, -0.15) is 5.10 Å². The first-order valence-electron chi connectivity index (χ1n) is 12.8. The van der Waals surface area contributed by atoms with Gasteiger partial charge >= 0.3 is 0 Å². The molecule has 0 aliphatic rings. The van der Waals surface area contributed by atoms with E-state index in [1.54, 1.807) is 32.2 Å². The van der Waals surface area contributed by atoms with Crippen LogP contribution in [0.2, 0.25) is 0 Å². The summed E-state index contributed by atoms with van der Waals surface area (Å²) in [5, 5.41) is 4.76. The van der Waals surface area contributed by atoms with E-state index in [0.717, 1.165) is 22.8 Å². The van der Waals surface area contributed by atoms with E-state index in [1.165, 1.54) is 6.33 Å². The number of nitrogens with two attached hydrogens (primary N) is 2. The number of carbonyl (C=O) groups is 1. The van der Waals surface area contributed by atoms with E-state index in [4.69, 9.17) is 16.5 Å². The highest BCUT2D eigenvalue weighted by Gasteiger charge is 2.14. The quantitative estimate of drug-likeness (QED) is 0.324. The van der Waals surface area contributed by atoms with E-state index < -0.39 is 5.91 Å². The molecule has 0 aliphatic carbocycles. The maximum atomic E-state index is 13.5. The summed E-state index contributed by atoms with van der Waals surface area (Å²) < 4.78 is 5.05. The van der Waals surface area contributed by atoms with Crippen molar-refractivity contribution in [2.24, 2.45) is 12.8 Å². The van der Waals surface area contributed by atoms with Crippen molar-refractivity contribution < 1.29 is 4.79 Å². The standard InChI is InChI=1S/C23H20N4O.C7H7N5O/c1-4-21-25-20-12-8-9-17(13-14-18-15-24-26(3)16(18)2)22(20)23(28)27(21)19-10-6-5-7-11-19;8-5-4(6(9)13)7-10-1-2-12(7)3-11-5/h5-12,15H,4H2,1-3H3;1-3H,8H2,(H2,9,13). The van der Waals surface area contributed by atoms with Crippen LogP contribution in [0.5, 0.6) is 0 Å². The zero-order valence-electron chi connectivity index (χ0n) is 22.7. The minimum Gasteiger partial charge on any atom is -0.383 e. The summed E-state index contributed by atoms with van der Waals surface area (Å²) in [6.45, 7) is 3.97. The summed E-state index contributed by atoms with van der Waals surface area (Å²) in [6, 6.07) is 15.2. The number of aromatic nitrogens is 7. The lowest BCUT2D eigenvalue weighted by molar-refractivity contribution is 0.100. The Hall–Kier alpha value is -5.76. The first kappa shape index (κ1) is 26.8. The fraction of sp³-hybridized carbons (Fsp3) is 0.133. The maximum Gasteiger partial charge on any atom is 0.267 e. The van der Waals surface area contributed by atoms with Gasteiger partial charge in [-0.15, -0.1) is 0 Å². The summed E-state index contributed by atoms with van der Waals surface area (Å²) in [7, 11) is 1.88. The van der Waals surface area contributed by atoms with E-state index in [-0.39, 0.29) is 16.9 Å². The van der Waals surface area contributed by atoms with Gasteiger partial charge < -0.3 is 11.5 Å². The van der Waals surface area contributed by atoms with Gasteiger partial charge in [0.2, 0.25) is 0 Å². The Morgan fingerprint density at radius 2 is 1.78 bits per heavy atom. The molecule has 11 nitrogen and oxygen atoms in total. The lowest BCUT2D eigenvalue weighted by Gasteiger charge is -2.13. The Morgan fingerprint density at radius 3 is 2.46 bits per heavy atom. The number of benzene rings is 2. The molecule has 2 aromatic carbocycles. The smallest absolute Gasteiger partial charge is 0.267 e. The van der Waals surface area contributed by atoms with E-state index >= 15 is 0 Å². The third-order valence-corrected chi connectivity index (χ3v) is 6.58. The minimum absolute atomic E-state index is 0.0964. The molecule has 0 bridgehead atoms. The molecule has 4 heterocycles. The monoisotopic (exact) mass is 545 g/mol. The number of fused-ring (bicyclic) bond motifs is 2. The topological polar surface area (TPSA) is 152 Å². The van der Waals surface area contributed by atoms with Gasteiger partial charge in [-0.3, -0.25) is 23.2 Å². The second-order valence-electron chi connectivity index (χ2n) is 9.10. The number of amides is 1. The molecule has 0 aliphatic heterocycles. The van der Waals surface area contributed by atoms with Gasteiger partial charge in [0.25, 0.3) is 11.5 Å². The molecule has 11 heteroatoms. The van der Waals surface area contributed by atoms with Crippen molar-refractivity contribution in [3.63, 3.8) is 0 Å². The average molecular weight is 546 g/mol. The highest BCUT2D eigenvalue weighted by Crippen LogP contribution is 2.17. The SMILES string of the molecule is CCc1nc2cccc(C#Cc3cnn(C)c3C)c2c(=O)n1-c1ccccc1.NC(=O)c1c(N)ncn2ccnc12. The molecule has 1 amide bonds. The summed E-state index contributed by atoms with van der Waals surface area (Å²) in [4.78, 5) is 36.9. The van der Waals surface area contributed by atoms with Crippen molar-refractivity contribution in [3.05, 3.63) is 112 Å². The third-order valence-electron chi connectivity index (χ3n) is 6.58. The van der Waals surface area contributed by atoms with Crippen LogP contribution < -0.4 is 17.0 Å². The van der Waals surface area contributed by atoms with E-state index in [9.17, 15) is 9.59 Å². The highest BCUT2D eigenvalue weighted by molar-refractivity contribution is 6.02. The van der Waals surface area contributed by atoms with Crippen LogP contribution in [0.15, 0.2) is 78.2 Å². The zero-order chi connectivity index (χ0) is 29.1. The van der Waals surface area contributed by atoms with Crippen molar-refractivity contribution >= 4 is 28.3 Å². The number of imidazole rings is 1. The molecule has 4 N–H and O–H groups in total. The van der Waals surface area contributed by atoms with Gasteiger partial charge in [0.05, 0.1) is 34.0 Å². The van der Waals surface area contributed by atoms with Gasteiger partial charge in [-0.1, -0.05) is 43.0 Å². The predicted octanol–water partition coefficient (Wildman–Crippen LogP) is 2.80. The Labute approximate surface area is 235 Å². The van der Waals surface area contributed by atoms with Crippen LogP contribution >= 0.6 is 0 Å². The molecule has 4 aromatic heterocycles. The van der Waals surface area contributed by atoms with Gasteiger partial charge in [0.1, 0.15) is 23.5 Å². The van der Waals surface area contributed by atoms with Crippen LogP contribution in [0.25, 0.3) is 22.2 Å². The minimum atomic E-state index is -0.623. The van der Waals surface area contributed by atoms with Gasteiger partial charge in [-0.25, -0.2) is 15.0 Å². The zero-order valence-corrected chi connectivity index (χ0v) is 22.7. The van der Waals surface area contributed by atoms with Gasteiger partial charge in [0, 0.05) is 31.4 Å². The number of hydrogen-bond donors (Lipinski definition) is 2. The van der Waals surface area contributed by atoms with Crippen LogP contribution in [0.4, 0.5) is 5.82 Å². The number of primary amides is 1. The molecular weight excluding hydrogens is 518 g/mol. The average Bonchev–Trinajstić information content (AvgIpc) is 3.58. The van der Waals surface area contributed by atoms with Crippen LogP contribution in [-0.4, -0.2) is 39.6 Å². The molecular formula is C30H27N9O2. The normalized spacial score (nSPS) is 10.6. The summed E-state index contributed by atoms with van der Waals surface area (Å²) in [6.07, 6.45) is 7.08. The molecule has 41 heavy (non-hydrogen) atoms. The number of rotatable bonds is 3. The summed E-state index contributed by atoms with van der Waals surface area (Å²) >= 11 is 0. The molecule has 0 spiro atoms. The second kappa shape index (κ2) is 11.2. The first-order valence-corrected chi connectivity index (χ1v) is 12.8. The number of carbonyl (C=O) groups excluding carboxylic acids is 1. The molecule has 0 saturated carbocycles. The fourth-order valence-corrected chi connectivity index (χ4v) is 4.36.